The lowest BCUT2D eigenvalue weighted by atomic mass is 9.89. The molecule has 0 aliphatic heterocycles. The van der Waals surface area contributed by atoms with Crippen LogP contribution in [0.3, 0.4) is 0 Å². The summed E-state index contributed by atoms with van der Waals surface area (Å²) in [4.78, 5) is 16.6. The van der Waals surface area contributed by atoms with E-state index in [2.05, 4.69) is 10.3 Å². The normalized spacial score (nSPS) is 21.4. The SMILES string of the molecule is COC1CC(NC(=O)c2cc(N)nc3ccccc23)C1. The second-order valence-electron chi connectivity index (χ2n) is 5.11. The lowest BCUT2D eigenvalue weighted by molar-refractivity contribution is 0.0176. The fourth-order valence-corrected chi connectivity index (χ4v) is 2.52. The van der Waals surface area contributed by atoms with Crippen molar-refractivity contribution in [2.45, 2.75) is 25.0 Å². The van der Waals surface area contributed by atoms with E-state index in [4.69, 9.17) is 10.5 Å². The maximum atomic E-state index is 12.4. The molecule has 1 fully saturated rings. The summed E-state index contributed by atoms with van der Waals surface area (Å²) in [5.41, 5.74) is 7.09. The topological polar surface area (TPSA) is 77.2 Å². The van der Waals surface area contributed by atoms with Gasteiger partial charge in [-0.15, -0.1) is 0 Å². The van der Waals surface area contributed by atoms with Crippen LogP contribution < -0.4 is 11.1 Å². The molecular weight excluding hydrogens is 254 g/mol. The third-order valence-electron chi connectivity index (χ3n) is 3.74. The van der Waals surface area contributed by atoms with E-state index in [1.165, 1.54) is 0 Å². The maximum absolute atomic E-state index is 12.4. The molecule has 0 saturated heterocycles. The molecule has 104 valence electrons. The van der Waals surface area contributed by atoms with Crippen molar-refractivity contribution in [1.29, 1.82) is 0 Å². The van der Waals surface area contributed by atoms with Gasteiger partial charge in [0, 0.05) is 18.5 Å². The number of benzene rings is 1. The minimum absolute atomic E-state index is 0.102. The van der Waals surface area contributed by atoms with E-state index in [0.29, 0.717) is 11.4 Å². The Kier molecular flexibility index (Phi) is 3.28. The predicted molar refractivity (Wildman–Crippen MR) is 77.4 cm³/mol. The van der Waals surface area contributed by atoms with E-state index in [0.717, 1.165) is 23.7 Å². The Bertz CT molecular complexity index is 651. The van der Waals surface area contributed by atoms with E-state index in [9.17, 15) is 4.79 Å². The minimum atomic E-state index is -0.102. The molecule has 20 heavy (non-hydrogen) atoms. The van der Waals surface area contributed by atoms with Crippen LogP contribution in [0.1, 0.15) is 23.2 Å². The van der Waals surface area contributed by atoms with Gasteiger partial charge in [-0.1, -0.05) is 18.2 Å². The van der Waals surface area contributed by atoms with Crippen molar-refractivity contribution in [2.24, 2.45) is 0 Å². The zero-order valence-electron chi connectivity index (χ0n) is 11.3. The highest BCUT2D eigenvalue weighted by molar-refractivity contribution is 6.07. The molecule has 1 aromatic carbocycles. The summed E-state index contributed by atoms with van der Waals surface area (Å²) in [6.45, 7) is 0. The molecule has 0 radical (unpaired) electrons. The van der Waals surface area contributed by atoms with E-state index < -0.39 is 0 Å². The number of nitrogens with zero attached hydrogens (tertiary/aromatic N) is 1. The lowest BCUT2D eigenvalue weighted by Gasteiger charge is -2.34. The van der Waals surface area contributed by atoms with Gasteiger partial charge in [0.05, 0.1) is 17.2 Å². The summed E-state index contributed by atoms with van der Waals surface area (Å²) in [6, 6.07) is 9.32. The van der Waals surface area contributed by atoms with Crippen LogP contribution in [0.15, 0.2) is 30.3 Å². The van der Waals surface area contributed by atoms with Crippen molar-refractivity contribution in [2.75, 3.05) is 12.8 Å². The van der Waals surface area contributed by atoms with Gasteiger partial charge in [-0.3, -0.25) is 4.79 Å². The van der Waals surface area contributed by atoms with Crippen molar-refractivity contribution in [1.82, 2.24) is 10.3 Å². The Balaban J connectivity index is 1.84. The number of aromatic nitrogens is 1. The summed E-state index contributed by atoms with van der Waals surface area (Å²) >= 11 is 0. The van der Waals surface area contributed by atoms with Crippen LogP contribution in [0, 0.1) is 0 Å². The highest BCUT2D eigenvalue weighted by Crippen LogP contribution is 2.24. The average Bonchev–Trinajstić information content (AvgIpc) is 2.41. The number of para-hydroxylation sites is 1. The van der Waals surface area contributed by atoms with Crippen molar-refractivity contribution < 1.29 is 9.53 Å². The summed E-state index contributed by atoms with van der Waals surface area (Å²) in [5, 5.41) is 3.84. The molecule has 3 rings (SSSR count). The van der Waals surface area contributed by atoms with E-state index in [-0.39, 0.29) is 18.1 Å². The quantitative estimate of drug-likeness (QED) is 0.891. The fraction of sp³-hybridized carbons (Fsp3) is 0.333. The first kappa shape index (κ1) is 12.9. The number of ether oxygens (including phenoxy) is 1. The van der Waals surface area contributed by atoms with Crippen molar-refractivity contribution >= 4 is 22.6 Å². The minimum Gasteiger partial charge on any atom is -0.384 e. The Morgan fingerprint density at radius 2 is 2.15 bits per heavy atom. The van der Waals surface area contributed by atoms with Gasteiger partial charge in [0.2, 0.25) is 0 Å². The number of anilines is 1. The van der Waals surface area contributed by atoms with Crippen LogP contribution in [0.4, 0.5) is 5.82 Å². The number of fused-ring (bicyclic) bond motifs is 1. The molecule has 1 aliphatic carbocycles. The molecule has 0 bridgehead atoms. The molecule has 0 atom stereocenters. The first-order valence-electron chi connectivity index (χ1n) is 6.66. The van der Waals surface area contributed by atoms with Crippen molar-refractivity contribution in [3.63, 3.8) is 0 Å². The fourth-order valence-electron chi connectivity index (χ4n) is 2.52. The first-order valence-corrected chi connectivity index (χ1v) is 6.66. The van der Waals surface area contributed by atoms with E-state index >= 15 is 0 Å². The van der Waals surface area contributed by atoms with Crippen LogP contribution in [0.5, 0.6) is 0 Å². The second kappa shape index (κ2) is 5.09. The number of hydrogen-bond donors (Lipinski definition) is 2. The highest BCUT2D eigenvalue weighted by Gasteiger charge is 2.30. The number of hydrogen-bond acceptors (Lipinski definition) is 4. The van der Waals surface area contributed by atoms with Gasteiger partial charge in [0.15, 0.2) is 0 Å². The van der Waals surface area contributed by atoms with Crippen LogP contribution in [0.2, 0.25) is 0 Å². The van der Waals surface area contributed by atoms with Gasteiger partial charge >= 0.3 is 0 Å². The third-order valence-corrected chi connectivity index (χ3v) is 3.74. The Morgan fingerprint density at radius 3 is 2.90 bits per heavy atom. The standard InChI is InChI=1S/C15H17N3O2/c1-20-10-6-9(7-10)17-15(19)12-8-14(16)18-13-5-3-2-4-11(12)13/h2-5,8-10H,6-7H2,1H3,(H2,16,18)(H,17,19). The summed E-state index contributed by atoms with van der Waals surface area (Å²) in [6.07, 6.45) is 1.99. The van der Waals surface area contributed by atoms with Crippen molar-refractivity contribution in [3.8, 4) is 0 Å². The number of nitrogens with two attached hydrogens (primary N) is 1. The van der Waals surface area contributed by atoms with Crippen LogP contribution >= 0.6 is 0 Å². The van der Waals surface area contributed by atoms with Crippen LogP contribution in [0.25, 0.3) is 10.9 Å². The van der Waals surface area contributed by atoms with Gasteiger partial charge in [-0.25, -0.2) is 4.98 Å². The molecule has 0 spiro atoms. The number of nitrogen functional groups attached to an aromatic ring is 1. The molecular formula is C15H17N3O2. The zero-order chi connectivity index (χ0) is 14.1. The molecule has 2 aromatic rings. The third kappa shape index (κ3) is 2.32. The highest BCUT2D eigenvalue weighted by atomic mass is 16.5. The van der Waals surface area contributed by atoms with Crippen molar-refractivity contribution in [3.05, 3.63) is 35.9 Å². The number of carbonyl (C=O) groups excluding carboxylic acids is 1. The molecule has 5 heteroatoms. The number of carbonyl (C=O) groups is 1. The molecule has 5 nitrogen and oxygen atoms in total. The Labute approximate surface area is 117 Å². The van der Waals surface area contributed by atoms with E-state index in [1.54, 1.807) is 13.2 Å². The van der Waals surface area contributed by atoms with Crippen LogP contribution in [-0.4, -0.2) is 30.1 Å². The monoisotopic (exact) mass is 271 g/mol. The number of pyridine rings is 1. The first-order chi connectivity index (χ1) is 9.67. The molecule has 0 unspecified atom stereocenters. The van der Waals surface area contributed by atoms with Gasteiger partial charge in [-0.05, 0) is 25.0 Å². The summed E-state index contributed by atoms with van der Waals surface area (Å²) < 4.78 is 5.21. The summed E-state index contributed by atoms with van der Waals surface area (Å²) in [5.74, 6) is 0.257. The largest absolute Gasteiger partial charge is 0.384 e. The van der Waals surface area contributed by atoms with Gasteiger partial charge in [0.1, 0.15) is 5.82 Å². The maximum Gasteiger partial charge on any atom is 0.252 e. The van der Waals surface area contributed by atoms with Gasteiger partial charge < -0.3 is 15.8 Å². The molecule has 1 aromatic heterocycles. The van der Waals surface area contributed by atoms with E-state index in [1.807, 2.05) is 24.3 Å². The molecule has 1 amide bonds. The average molecular weight is 271 g/mol. The molecule has 1 heterocycles. The zero-order valence-corrected chi connectivity index (χ0v) is 11.3. The second-order valence-corrected chi connectivity index (χ2v) is 5.11. The lowest BCUT2D eigenvalue weighted by Crippen LogP contribution is -2.47. The number of rotatable bonds is 3. The molecule has 1 saturated carbocycles. The van der Waals surface area contributed by atoms with Crippen LogP contribution in [-0.2, 0) is 4.74 Å². The molecule has 3 N–H and O–H groups in total. The Hall–Kier alpha value is -2.14. The van der Waals surface area contributed by atoms with Gasteiger partial charge in [0.25, 0.3) is 5.91 Å². The Morgan fingerprint density at radius 1 is 1.40 bits per heavy atom. The molecule has 1 aliphatic rings. The number of methoxy groups -OCH3 is 1. The number of nitrogens with one attached hydrogen (secondary N) is 1. The number of amides is 1. The smallest absolute Gasteiger partial charge is 0.252 e. The van der Waals surface area contributed by atoms with Gasteiger partial charge in [-0.2, -0.15) is 0 Å². The predicted octanol–water partition coefficient (Wildman–Crippen LogP) is 1.72. The summed E-state index contributed by atoms with van der Waals surface area (Å²) in [7, 11) is 1.69.